The van der Waals surface area contributed by atoms with Crippen LogP contribution in [0.5, 0.6) is 0 Å². The van der Waals surface area contributed by atoms with Crippen molar-refractivity contribution < 1.29 is 9.47 Å². The maximum absolute atomic E-state index is 6.03. The van der Waals surface area contributed by atoms with Crippen LogP contribution in [0.15, 0.2) is 42.0 Å². The van der Waals surface area contributed by atoms with Gasteiger partial charge in [0.1, 0.15) is 0 Å². The highest BCUT2D eigenvalue weighted by Gasteiger charge is 2.16. The molecule has 1 aliphatic rings. The fraction of sp³-hybridized carbons (Fsp3) is 0.529. The van der Waals surface area contributed by atoms with Crippen LogP contribution >= 0.6 is 0 Å². The van der Waals surface area contributed by atoms with Gasteiger partial charge in [-0.05, 0) is 38.7 Å². The zero-order valence-corrected chi connectivity index (χ0v) is 12.0. The van der Waals surface area contributed by atoms with Gasteiger partial charge in [-0.2, -0.15) is 0 Å². The Hall–Kier alpha value is -1.12. The first-order chi connectivity index (χ1) is 9.24. The van der Waals surface area contributed by atoms with Gasteiger partial charge >= 0.3 is 0 Å². The quantitative estimate of drug-likeness (QED) is 0.759. The van der Waals surface area contributed by atoms with Gasteiger partial charge in [-0.25, -0.2) is 0 Å². The van der Waals surface area contributed by atoms with Crippen molar-refractivity contribution in [3.8, 4) is 0 Å². The number of allylic oxidation sites excluding steroid dienone is 1. The van der Waals surface area contributed by atoms with Gasteiger partial charge in [0, 0.05) is 0 Å². The molecule has 1 aromatic carbocycles. The molecule has 0 spiro atoms. The zero-order valence-electron chi connectivity index (χ0n) is 12.0. The molecular weight excluding hydrogens is 236 g/mol. The zero-order chi connectivity index (χ0) is 13.5. The van der Waals surface area contributed by atoms with Crippen LogP contribution in [0.4, 0.5) is 0 Å². The molecule has 2 heteroatoms. The summed E-state index contributed by atoms with van der Waals surface area (Å²) in [6, 6.07) is 10.3. The van der Waals surface area contributed by atoms with Gasteiger partial charge in [-0.3, -0.25) is 0 Å². The normalized spacial score (nSPS) is 27.2. The van der Waals surface area contributed by atoms with Crippen LogP contribution in [0.3, 0.4) is 0 Å². The van der Waals surface area contributed by atoms with Crippen LogP contribution < -0.4 is 0 Å². The first-order valence-electron chi connectivity index (χ1n) is 7.17. The Morgan fingerprint density at radius 2 is 2.05 bits per heavy atom. The molecule has 0 aromatic heterocycles. The third kappa shape index (κ3) is 5.17. The molecule has 2 nitrogen and oxygen atoms in total. The molecule has 104 valence electrons. The van der Waals surface area contributed by atoms with E-state index in [9.17, 15) is 0 Å². The van der Waals surface area contributed by atoms with Crippen LogP contribution in [0.1, 0.15) is 38.7 Å². The van der Waals surface area contributed by atoms with Gasteiger partial charge in [-0.1, -0.05) is 42.0 Å². The Morgan fingerprint density at radius 1 is 1.26 bits per heavy atom. The van der Waals surface area contributed by atoms with Crippen molar-refractivity contribution >= 4 is 0 Å². The van der Waals surface area contributed by atoms with E-state index in [-0.39, 0.29) is 6.10 Å². The number of hydrogen-bond donors (Lipinski definition) is 0. The molecule has 0 aliphatic carbocycles. The molecule has 1 heterocycles. The average molecular weight is 260 g/mol. The lowest BCUT2D eigenvalue weighted by Crippen LogP contribution is -2.26. The van der Waals surface area contributed by atoms with Crippen molar-refractivity contribution in [1.82, 2.24) is 0 Å². The van der Waals surface area contributed by atoms with E-state index in [1.807, 2.05) is 18.2 Å². The molecule has 0 fully saturated rings. The van der Waals surface area contributed by atoms with Crippen molar-refractivity contribution in [2.75, 3.05) is 6.61 Å². The molecular formula is C17H24O2. The van der Waals surface area contributed by atoms with Crippen molar-refractivity contribution in [1.29, 1.82) is 0 Å². The minimum absolute atomic E-state index is 0.190. The lowest BCUT2D eigenvalue weighted by atomic mass is 10.0. The van der Waals surface area contributed by atoms with Crippen LogP contribution in [-0.2, 0) is 16.1 Å². The summed E-state index contributed by atoms with van der Waals surface area (Å²) in [7, 11) is 0. The maximum atomic E-state index is 6.03. The SMILES string of the molecule is C/C1=C/CC[C@@H](C)O[C@@H](COCc2ccccc2)C1. The van der Waals surface area contributed by atoms with E-state index in [1.54, 1.807) is 0 Å². The number of hydrogen-bond acceptors (Lipinski definition) is 2. The third-order valence-corrected chi connectivity index (χ3v) is 3.46. The fourth-order valence-electron chi connectivity index (χ4n) is 2.43. The summed E-state index contributed by atoms with van der Waals surface area (Å²) in [5, 5.41) is 0. The number of benzene rings is 1. The minimum Gasteiger partial charge on any atom is -0.374 e. The summed E-state index contributed by atoms with van der Waals surface area (Å²) in [4.78, 5) is 0. The van der Waals surface area contributed by atoms with E-state index in [4.69, 9.17) is 9.47 Å². The second-order valence-corrected chi connectivity index (χ2v) is 5.40. The van der Waals surface area contributed by atoms with Crippen molar-refractivity contribution in [2.24, 2.45) is 0 Å². The molecule has 0 bridgehead atoms. The monoisotopic (exact) mass is 260 g/mol. The summed E-state index contributed by atoms with van der Waals surface area (Å²) in [5.41, 5.74) is 2.63. The predicted molar refractivity (Wildman–Crippen MR) is 78.0 cm³/mol. The Labute approximate surface area is 116 Å². The third-order valence-electron chi connectivity index (χ3n) is 3.46. The maximum Gasteiger partial charge on any atom is 0.0849 e. The standard InChI is InChI=1S/C17H24O2/c1-14-7-6-8-15(2)19-17(11-14)13-18-12-16-9-4-3-5-10-16/h3-5,7,9-10,15,17H,6,8,11-13H2,1-2H3/b14-7-/t15-,17-/m1/s1. The Bertz CT molecular complexity index is 397. The lowest BCUT2D eigenvalue weighted by molar-refractivity contribution is -0.0573. The highest BCUT2D eigenvalue weighted by atomic mass is 16.5. The summed E-state index contributed by atoms with van der Waals surface area (Å²) in [6.45, 7) is 5.67. The molecule has 1 aliphatic heterocycles. The smallest absolute Gasteiger partial charge is 0.0849 e. The van der Waals surface area contributed by atoms with E-state index >= 15 is 0 Å². The van der Waals surface area contributed by atoms with Crippen LogP contribution in [0.2, 0.25) is 0 Å². The number of rotatable bonds is 4. The number of ether oxygens (including phenoxy) is 2. The van der Waals surface area contributed by atoms with Crippen molar-refractivity contribution in [3.63, 3.8) is 0 Å². The summed E-state index contributed by atoms with van der Waals surface area (Å²) >= 11 is 0. The molecule has 0 N–H and O–H groups in total. The van der Waals surface area contributed by atoms with E-state index in [1.165, 1.54) is 11.1 Å². The first kappa shape index (κ1) is 14.3. The summed E-state index contributed by atoms with van der Waals surface area (Å²) in [5.74, 6) is 0. The lowest BCUT2D eigenvalue weighted by Gasteiger charge is -2.25. The second kappa shape index (κ2) is 7.46. The topological polar surface area (TPSA) is 18.5 Å². The molecule has 0 saturated carbocycles. The molecule has 2 atom stereocenters. The predicted octanol–water partition coefficient (Wildman–Crippen LogP) is 4.11. The largest absolute Gasteiger partial charge is 0.374 e. The van der Waals surface area contributed by atoms with Crippen molar-refractivity contribution in [3.05, 3.63) is 47.5 Å². The minimum atomic E-state index is 0.190. The second-order valence-electron chi connectivity index (χ2n) is 5.40. The van der Waals surface area contributed by atoms with Gasteiger partial charge < -0.3 is 9.47 Å². The van der Waals surface area contributed by atoms with Gasteiger partial charge in [-0.15, -0.1) is 0 Å². The fourth-order valence-corrected chi connectivity index (χ4v) is 2.43. The molecule has 0 saturated heterocycles. The van der Waals surface area contributed by atoms with Crippen LogP contribution in [0, 0.1) is 0 Å². The highest BCUT2D eigenvalue weighted by Crippen LogP contribution is 2.18. The van der Waals surface area contributed by atoms with Crippen LogP contribution in [0.25, 0.3) is 0 Å². The Balaban J connectivity index is 1.80. The van der Waals surface area contributed by atoms with Gasteiger partial charge in [0.05, 0.1) is 25.4 Å². The van der Waals surface area contributed by atoms with Gasteiger partial charge in [0.15, 0.2) is 0 Å². The van der Waals surface area contributed by atoms with Gasteiger partial charge in [0.25, 0.3) is 0 Å². The first-order valence-corrected chi connectivity index (χ1v) is 7.17. The average Bonchev–Trinajstić information content (AvgIpc) is 2.38. The molecule has 19 heavy (non-hydrogen) atoms. The van der Waals surface area contributed by atoms with Crippen molar-refractivity contribution in [2.45, 2.75) is 51.9 Å². The Kier molecular flexibility index (Phi) is 5.62. The molecule has 2 rings (SSSR count). The molecule has 0 unspecified atom stereocenters. The Morgan fingerprint density at radius 3 is 2.84 bits per heavy atom. The molecule has 0 radical (unpaired) electrons. The molecule has 1 aromatic rings. The summed E-state index contributed by atoms with van der Waals surface area (Å²) < 4.78 is 11.8. The highest BCUT2D eigenvalue weighted by molar-refractivity contribution is 5.13. The van der Waals surface area contributed by atoms with E-state index in [2.05, 4.69) is 32.1 Å². The van der Waals surface area contributed by atoms with E-state index in [0.717, 1.165) is 19.3 Å². The van der Waals surface area contributed by atoms with E-state index in [0.29, 0.717) is 19.3 Å². The van der Waals surface area contributed by atoms with E-state index < -0.39 is 0 Å². The van der Waals surface area contributed by atoms with Crippen LogP contribution in [-0.4, -0.2) is 18.8 Å². The van der Waals surface area contributed by atoms with Gasteiger partial charge in [0.2, 0.25) is 0 Å². The summed E-state index contributed by atoms with van der Waals surface area (Å²) in [6.07, 6.45) is 6.07. The molecule has 0 amide bonds.